The predicted molar refractivity (Wildman–Crippen MR) is 83.9 cm³/mol. The van der Waals surface area contributed by atoms with E-state index in [4.69, 9.17) is 11.6 Å². The Morgan fingerprint density at radius 1 is 1.24 bits per heavy atom. The molecule has 1 atom stereocenters. The second-order valence-electron chi connectivity index (χ2n) is 5.49. The molecule has 0 spiro atoms. The summed E-state index contributed by atoms with van der Waals surface area (Å²) in [4.78, 5) is 17.0. The Balaban J connectivity index is 1.57. The molecule has 3 rings (SSSR count). The van der Waals surface area contributed by atoms with E-state index in [2.05, 4.69) is 4.90 Å². The van der Waals surface area contributed by atoms with E-state index in [9.17, 15) is 13.2 Å². The van der Waals surface area contributed by atoms with Gasteiger partial charge in [0.15, 0.2) is 9.84 Å². The molecule has 0 N–H and O–H groups in total. The number of rotatable bonds is 2. The van der Waals surface area contributed by atoms with E-state index in [0.717, 1.165) is 19.5 Å². The van der Waals surface area contributed by atoms with Crippen LogP contribution in [0.25, 0.3) is 0 Å². The van der Waals surface area contributed by atoms with Crippen molar-refractivity contribution < 1.29 is 13.2 Å². The molecule has 2 aliphatic rings. The molecule has 8 heteroatoms. The molecule has 0 unspecified atom stereocenters. The molecule has 2 aliphatic heterocycles. The molecular weight excluding hydrogens is 332 g/mol. The van der Waals surface area contributed by atoms with E-state index in [-0.39, 0.29) is 17.7 Å². The average Bonchev–Trinajstić information content (AvgIpc) is 3.04. The molecule has 5 nitrogen and oxygen atoms in total. The fraction of sp³-hybridized carbons (Fsp3) is 0.615. The standard InChI is InChI=1S/C13H17ClN2O3S2/c14-12-2-1-11(20-12)13(17)16-6-4-15(5-7-16)10-3-8-21(18,19)9-10/h1-2,10H,3-9H2/t10-/m1/s1. The highest BCUT2D eigenvalue weighted by Crippen LogP contribution is 2.24. The lowest BCUT2D eigenvalue weighted by Gasteiger charge is -2.37. The number of carbonyl (C=O) groups is 1. The van der Waals surface area contributed by atoms with Crippen LogP contribution in [0.1, 0.15) is 16.1 Å². The largest absolute Gasteiger partial charge is 0.335 e. The van der Waals surface area contributed by atoms with Crippen LogP contribution < -0.4 is 0 Å². The Hall–Kier alpha value is -0.630. The fourth-order valence-corrected chi connectivity index (χ4v) is 5.71. The summed E-state index contributed by atoms with van der Waals surface area (Å²) < 4.78 is 23.7. The number of hydrogen-bond acceptors (Lipinski definition) is 5. The van der Waals surface area contributed by atoms with Crippen molar-refractivity contribution in [3.8, 4) is 0 Å². The quantitative estimate of drug-likeness (QED) is 0.809. The maximum absolute atomic E-state index is 12.3. The molecule has 2 fully saturated rings. The summed E-state index contributed by atoms with van der Waals surface area (Å²) in [6.45, 7) is 2.77. The first-order chi connectivity index (χ1) is 9.94. The van der Waals surface area contributed by atoms with Gasteiger partial charge in [-0.1, -0.05) is 11.6 Å². The maximum Gasteiger partial charge on any atom is 0.264 e. The van der Waals surface area contributed by atoms with E-state index < -0.39 is 9.84 Å². The van der Waals surface area contributed by atoms with Gasteiger partial charge in [0, 0.05) is 32.2 Å². The van der Waals surface area contributed by atoms with Crippen molar-refractivity contribution in [1.29, 1.82) is 0 Å². The Bertz CT molecular complexity index is 636. The third kappa shape index (κ3) is 3.41. The number of nitrogens with zero attached hydrogens (tertiary/aromatic N) is 2. The van der Waals surface area contributed by atoms with Gasteiger partial charge in [-0.25, -0.2) is 8.42 Å². The highest BCUT2D eigenvalue weighted by molar-refractivity contribution is 7.91. The number of halogens is 1. The van der Waals surface area contributed by atoms with Gasteiger partial charge in [-0.15, -0.1) is 11.3 Å². The zero-order valence-electron chi connectivity index (χ0n) is 11.5. The molecule has 0 aromatic carbocycles. The second-order valence-corrected chi connectivity index (χ2v) is 9.43. The molecule has 1 amide bonds. The molecule has 0 bridgehead atoms. The van der Waals surface area contributed by atoms with Crippen LogP contribution in [-0.4, -0.2) is 67.9 Å². The number of hydrogen-bond donors (Lipinski definition) is 0. The van der Waals surface area contributed by atoms with Crippen molar-refractivity contribution in [3.05, 3.63) is 21.3 Å². The number of carbonyl (C=O) groups excluding carboxylic acids is 1. The topological polar surface area (TPSA) is 57.7 Å². The summed E-state index contributed by atoms with van der Waals surface area (Å²) in [5.41, 5.74) is 0. The summed E-state index contributed by atoms with van der Waals surface area (Å²) in [5.74, 6) is 0.581. The van der Waals surface area contributed by atoms with Crippen molar-refractivity contribution in [2.75, 3.05) is 37.7 Å². The van der Waals surface area contributed by atoms with Crippen LogP contribution in [0.4, 0.5) is 0 Å². The minimum Gasteiger partial charge on any atom is -0.335 e. The minimum atomic E-state index is -2.85. The van der Waals surface area contributed by atoms with Gasteiger partial charge in [0.1, 0.15) is 0 Å². The third-order valence-electron chi connectivity index (χ3n) is 4.11. The van der Waals surface area contributed by atoms with Crippen LogP contribution in [0.5, 0.6) is 0 Å². The molecule has 0 radical (unpaired) electrons. The van der Waals surface area contributed by atoms with Crippen molar-refractivity contribution >= 4 is 38.7 Å². The first-order valence-corrected chi connectivity index (χ1v) is 9.95. The lowest BCUT2D eigenvalue weighted by molar-refractivity contribution is 0.0592. The minimum absolute atomic E-state index is 0.0191. The van der Waals surface area contributed by atoms with Gasteiger partial charge in [-0.3, -0.25) is 9.69 Å². The average molecular weight is 349 g/mol. The van der Waals surface area contributed by atoms with Crippen molar-refractivity contribution in [1.82, 2.24) is 9.80 Å². The number of amides is 1. The van der Waals surface area contributed by atoms with E-state index >= 15 is 0 Å². The van der Waals surface area contributed by atoms with Gasteiger partial charge >= 0.3 is 0 Å². The Labute approximate surface area is 133 Å². The van der Waals surface area contributed by atoms with Gasteiger partial charge in [0.2, 0.25) is 0 Å². The molecule has 1 aromatic heterocycles. The van der Waals surface area contributed by atoms with E-state index in [1.54, 1.807) is 12.1 Å². The van der Waals surface area contributed by atoms with Crippen LogP contribution in [0.15, 0.2) is 12.1 Å². The molecule has 116 valence electrons. The van der Waals surface area contributed by atoms with Gasteiger partial charge in [0.25, 0.3) is 5.91 Å². The summed E-state index contributed by atoms with van der Waals surface area (Å²) in [6, 6.07) is 3.62. The lowest BCUT2D eigenvalue weighted by atomic mass is 10.2. The summed E-state index contributed by atoms with van der Waals surface area (Å²) >= 11 is 7.16. The monoisotopic (exact) mass is 348 g/mol. The van der Waals surface area contributed by atoms with Crippen LogP contribution >= 0.6 is 22.9 Å². The molecule has 1 aromatic rings. The third-order valence-corrected chi connectivity index (χ3v) is 7.08. The van der Waals surface area contributed by atoms with Crippen LogP contribution in [0.2, 0.25) is 4.34 Å². The molecule has 2 saturated heterocycles. The maximum atomic E-state index is 12.3. The Morgan fingerprint density at radius 2 is 1.95 bits per heavy atom. The van der Waals surface area contributed by atoms with Crippen molar-refractivity contribution in [2.45, 2.75) is 12.5 Å². The van der Waals surface area contributed by atoms with Crippen LogP contribution in [-0.2, 0) is 9.84 Å². The molecule has 3 heterocycles. The summed E-state index contributed by atoms with van der Waals surface area (Å²) in [5, 5.41) is 0. The molecule has 0 saturated carbocycles. The zero-order valence-corrected chi connectivity index (χ0v) is 13.9. The van der Waals surface area contributed by atoms with Crippen LogP contribution in [0.3, 0.4) is 0 Å². The Morgan fingerprint density at radius 3 is 2.48 bits per heavy atom. The SMILES string of the molecule is O=C(c1ccc(Cl)s1)N1CCN([C@@H]2CCS(=O)(=O)C2)CC1. The molecule has 0 aliphatic carbocycles. The van der Waals surface area contributed by atoms with Crippen molar-refractivity contribution in [3.63, 3.8) is 0 Å². The summed E-state index contributed by atoms with van der Waals surface area (Å²) in [7, 11) is -2.85. The smallest absolute Gasteiger partial charge is 0.264 e. The van der Waals surface area contributed by atoms with E-state index in [0.29, 0.717) is 28.1 Å². The van der Waals surface area contributed by atoms with Gasteiger partial charge in [-0.05, 0) is 18.6 Å². The lowest BCUT2D eigenvalue weighted by Crippen LogP contribution is -2.52. The number of sulfone groups is 1. The normalized spacial score (nSPS) is 26.1. The predicted octanol–water partition coefficient (Wildman–Crippen LogP) is 1.35. The molecule has 21 heavy (non-hydrogen) atoms. The van der Waals surface area contributed by atoms with Gasteiger partial charge in [-0.2, -0.15) is 0 Å². The zero-order chi connectivity index (χ0) is 15.0. The van der Waals surface area contributed by atoms with E-state index in [1.807, 2.05) is 4.90 Å². The highest BCUT2D eigenvalue weighted by Gasteiger charge is 2.34. The Kier molecular flexibility index (Phi) is 4.27. The molecular formula is C13H17ClN2O3S2. The first-order valence-electron chi connectivity index (χ1n) is 6.94. The first kappa shape index (κ1) is 15.3. The number of piperazine rings is 1. The number of thiophene rings is 1. The fourth-order valence-electron chi connectivity index (χ4n) is 2.94. The van der Waals surface area contributed by atoms with Gasteiger partial charge in [0.05, 0.1) is 20.7 Å². The van der Waals surface area contributed by atoms with Crippen LogP contribution in [0, 0.1) is 0 Å². The van der Waals surface area contributed by atoms with E-state index in [1.165, 1.54) is 11.3 Å². The summed E-state index contributed by atoms with van der Waals surface area (Å²) in [6.07, 6.45) is 0.719. The second kappa shape index (κ2) is 5.87. The van der Waals surface area contributed by atoms with Gasteiger partial charge < -0.3 is 4.90 Å². The highest BCUT2D eigenvalue weighted by atomic mass is 35.5. The van der Waals surface area contributed by atoms with Crippen molar-refractivity contribution in [2.24, 2.45) is 0 Å².